The summed E-state index contributed by atoms with van der Waals surface area (Å²) >= 11 is 0. The second-order valence-electron chi connectivity index (χ2n) is 2.37. The zero-order valence-corrected chi connectivity index (χ0v) is 5.89. The third kappa shape index (κ3) is 0.852. The summed E-state index contributed by atoms with van der Waals surface area (Å²) in [7, 11) is 3.26. The topological polar surface area (TPSA) is 44.5 Å². The standard InChI is InChI=1S/C6H13NO2/c1-8-6(9-2)4-3-5(6)7/h5H,3-4,7H2,1-2H3/t5-/m1/s1. The molecule has 0 spiro atoms. The Labute approximate surface area is 55.1 Å². The molecule has 1 saturated carbocycles. The Balaban J connectivity index is 2.48. The van der Waals surface area contributed by atoms with Crippen LogP contribution in [0.3, 0.4) is 0 Å². The number of methoxy groups -OCH3 is 2. The lowest BCUT2D eigenvalue weighted by atomic mass is 9.85. The summed E-state index contributed by atoms with van der Waals surface area (Å²) in [6.45, 7) is 0. The highest BCUT2D eigenvalue weighted by Crippen LogP contribution is 2.34. The molecule has 3 nitrogen and oxygen atoms in total. The fraction of sp³-hybridized carbons (Fsp3) is 1.00. The lowest BCUT2D eigenvalue weighted by molar-refractivity contribution is -0.261. The molecule has 0 aromatic rings. The molecule has 1 atom stereocenters. The van der Waals surface area contributed by atoms with Crippen LogP contribution in [0.4, 0.5) is 0 Å². The third-order valence-electron chi connectivity index (χ3n) is 2.06. The zero-order valence-electron chi connectivity index (χ0n) is 5.89. The third-order valence-corrected chi connectivity index (χ3v) is 2.06. The largest absolute Gasteiger partial charge is 0.352 e. The van der Waals surface area contributed by atoms with Gasteiger partial charge in [-0.2, -0.15) is 0 Å². The van der Waals surface area contributed by atoms with E-state index >= 15 is 0 Å². The van der Waals surface area contributed by atoms with Crippen LogP contribution in [-0.4, -0.2) is 26.0 Å². The number of hydrogen-bond acceptors (Lipinski definition) is 3. The smallest absolute Gasteiger partial charge is 0.182 e. The molecule has 9 heavy (non-hydrogen) atoms. The van der Waals surface area contributed by atoms with Gasteiger partial charge in [0.05, 0.1) is 6.04 Å². The molecular formula is C6H13NO2. The monoisotopic (exact) mass is 131 g/mol. The van der Waals surface area contributed by atoms with Gasteiger partial charge in [0, 0.05) is 20.6 Å². The van der Waals surface area contributed by atoms with Crippen LogP contribution in [0, 0.1) is 0 Å². The van der Waals surface area contributed by atoms with Crippen LogP contribution in [0.5, 0.6) is 0 Å². The van der Waals surface area contributed by atoms with Gasteiger partial charge in [0.15, 0.2) is 5.79 Å². The molecule has 0 aromatic carbocycles. The maximum absolute atomic E-state index is 5.63. The van der Waals surface area contributed by atoms with Crippen LogP contribution in [0.1, 0.15) is 12.8 Å². The van der Waals surface area contributed by atoms with Gasteiger partial charge >= 0.3 is 0 Å². The molecule has 0 heterocycles. The molecule has 0 unspecified atom stereocenters. The molecule has 0 aromatic heterocycles. The van der Waals surface area contributed by atoms with E-state index in [1.165, 1.54) is 0 Å². The number of ether oxygens (including phenoxy) is 2. The van der Waals surface area contributed by atoms with Gasteiger partial charge in [-0.1, -0.05) is 0 Å². The summed E-state index contributed by atoms with van der Waals surface area (Å²) in [6.07, 6.45) is 1.92. The van der Waals surface area contributed by atoms with Crippen molar-refractivity contribution in [1.29, 1.82) is 0 Å². The molecule has 3 heteroatoms. The summed E-state index contributed by atoms with van der Waals surface area (Å²) in [5, 5.41) is 0. The molecule has 0 radical (unpaired) electrons. The van der Waals surface area contributed by atoms with Gasteiger partial charge in [-0.05, 0) is 6.42 Å². The molecule has 2 N–H and O–H groups in total. The average molecular weight is 131 g/mol. The van der Waals surface area contributed by atoms with E-state index in [1.54, 1.807) is 14.2 Å². The molecule has 0 saturated heterocycles. The van der Waals surface area contributed by atoms with Crippen LogP contribution in [0.25, 0.3) is 0 Å². The SMILES string of the molecule is COC1(OC)CC[C@H]1N. The first kappa shape index (κ1) is 6.99. The first-order valence-corrected chi connectivity index (χ1v) is 3.11. The van der Waals surface area contributed by atoms with Gasteiger partial charge in [-0.25, -0.2) is 0 Å². The normalized spacial score (nSPS) is 31.7. The van der Waals surface area contributed by atoms with Crippen molar-refractivity contribution in [2.45, 2.75) is 24.7 Å². The van der Waals surface area contributed by atoms with E-state index in [0.717, 1.165) is 12.8 Å². The lowest BCUT2D eigenvalue weighted by Gasteiger charge is -2.44. The zero-order chi connectivity index (χ0) is 6.91. The Morgan fingerprint density at radius 3 is 2.00 bits per heavy atom. The highest BCUT2D eigenvalue weighted by molar-refractivity contribution is 4.93. The summed E-state index contributed by atoms with van der Waals surface area (Å²) in [5.41, 5.74) is 5.63. The number of hydrogen-bond donors (Lipinski definition) is 1. The minimum absolute atomic E-state index is 0.0625. The first-order valence-electron chi connectivity index (χ1n) is 3.11. The maximum Gasteiger partial charge on any atom is 0.182 e. The van der Waals surface area contributed by atoms with Gasteiger partial charge < -0.3 is 15.2 Å². The van der Waals surface area contributed by atoms with Crippen molar-refractivity contribution in [1.82, 2.24) is 0 Å². The van der Waals surface area contributed by atoms with E-state index in [1.807, 2.05) is 0 Å². The van der Waals surface area contributed by atoms with Gasteiger partial charge in [0.2, 0.25) is 0 Å². The van der Waals surface area contributed by atoms with Crippen molar-refractivity contribution >= 4 is 0 Å². The van der Waals surface area contributed by atoms with Gasteiger partial charge in [-0.3, -0.25) is 0 Å². The van der Waals surface area contributed by atoms with E-state index in [-0.39, 0.29) is 6.04 Å². The molecule has 1 aliphatic carbocycles. The first-order chi connectivity index (χ1) is 4.25. The van der Waals surface area contributed by atoms with Crippen LogP contribution >= 0.6 is 0 Å². The molecule has 0 amide bonds. The Kier molecular flexibility index (Phi) is 1.75. The quantitative estimate of drug-likeness (QED) is 0.540. The van der Waals surface area contributed by atoms with E-state index in [9.17, 15) is 0 Å². The predicted octanol–water partition coefficient (Wildman–Crippen LogP) is 0.0966. The summed E-state index contributed by atoms with van der Waals surface area (Å²) in [6, 6.07) is 0.0625. The highest BCUT2D eigenvalue weighted by atomic mass is 16.7. The molecule has 0 bridgehead atoms. The Morgan fingerprint density at radius 1 is 1.44 bits per heavy atom. The molecular weight excluding hydrogens is 118 g/mol. The van der Waals surface area contributed by atoms with Crippen LogP contribution in [0.15, 0.2) is 0 Å². The maximum atomic E-state index is 5.63. The predicted molar refractivity (Wildman–Crippen MR) is 34.0 cm³/mol. The second kappa shape index (κ2) is 2.25. The van der Waals surface area contributed by atoms with Crippen LogP contribution < -0.4 is 5.73 Å². The van der Waals surface area contributed by atoms with Crippen molar-refractivity contribution in [2.75, 3.05) is 14.2 Å². The second-order valence-corrected chi connectivity index (χ2v) is 2.37. The minimum Gasteiger partial charge on any atom is -0.352 e. The Morgan fingerprint density at radius 2 is 2.00 bits per heavy atom. The van der Waals surface area contributed by atoms with Crippen molar-refractivity contribution in [2.24, 2.45) is 5.73 Å². The lowest BCUT2D eigenvalue weighted by Crippen LogP contribution is -2.59. The number of nitrogens with two attached hydrogens (primary N) is 1. The Bertz CT molecular complexity index is 95.7. The van der Waals surface area contributed by atoms with Gasteiger partial charge in [-0.15, -0.1) is 0 Å². The van der Waals surface area contributed by atoms with Crippen LogP contribution in [0.2, 0.25) is 0 Å². The van der Waals surface area contributed by atoms with Crippen molar-refractivity contribution < 1.29 is 9.47 Å². The van der Waals surface area contributed by atoms with Crippen molar-refractivity contribution in [3.05, 3.63) is 0 Å². The van der Waals surface area contributed by atoms with Gasteiger partial charge in [0.25, 0.3) is 0 Å². The fourth-order valence-electron chi connectivity index (χ4n) is 1.14. The fourth-order valence-corrected chi connectivity index (χ4v) is 1.14. The summed E-state index contributed by atoms with van der Waals surface area (Å²) in [5.74, 6) is -0.458. The highest BCUT2D eigenvalue weighted by Gasteiger charge is 2.45. The Hall–Kier alpha value is -0.120. The summed E-state index contributed by atoms with van der Waals surface area (Å²) < 4.78 is 10.2. The molecule has 1 fully saturated rings. The molecule has 1 rings (SSSR count). The molecule has 0 aliphatic heterocycles. The summed E-state index contributed by atoms with van der Waals surface area (Å²) in [4.78, 5) is 0. The van der Waals surface area contributed by atoms with Crippen molar-refractivity contribution in [3.63, 3.8) is 0 Å². The van der Waals surface area contributed by atoms with E-state index < -0.39 is 5.79 Å². The van der Waals surface area contributed by atoms with Crippen LogP contribution in [-0.2, 0) is 9.47 Å². The van der Waals surface area contributed by atoms with E-state index in [4.69, 9.17) is 15.2 Å². The number of rotatable bonds is 2. The van der Waals surface area contributed by atoms with E-state index in [2.05, 4.69) is 0 Å². The molecule has 54 valence electrons. The average Bonchev–Trinajstić information content (AvgIpc) is 1.89. The van der Waals surface area contributed by atoms with E-state index in [0.29, 0.717) is 0 Å². The minimum atomic E-state index is -0.458. The van der Waals surface area contributed by atoms with Crippen molar-refractivity contribution in [3.8, 4) is 0 Å². The van der Waals surface area contributed by atoms with Gasteiger partial charge in [0.1, 0.15) is 0 Å². The molecule has 1 aliphatic rings.